The Hall–Kier alpha value is -3.05. The van der Waals surface area contributed by atoms with Crippen molar-refractivity contribution in [3.8, 4) is 17.2 Å². The van der Waals surface area contributed by atoms with Crippen LogP contribution in [0, 0.1) is 7.14 Å². The molecule has 2 atom stereocenters. The summed E-state index contributed by atoms with van der Waals surface area (Å²) in [6, 6.07) is 7.73. The minimum absolute atomic E-state index is 0.142. The van der Waals surface area contributed by atoms with Crippen LogP contribution in [0.25, 0.3) is 0 Å². The van der Waals surface area contributed by atoms with Gasteiger partial charge in [0, 0.05) is 14.8 Å². The highest BCUT2D eigenvalue weighted by Gasteiger charge is 2.32. The lowest BCUT2D eigenvalue weighted by Gasteiger charge is -2.28. The van der Waals surface area contributed by atoms with Gasteiger partial charge in [0.15, 0.2) is 17.7 Å². The average molecular weight is 776 g/mol. The Morgan fingerprint density at radius 1 is 1.23 bits per heavy atom. The second-order valence-electron chi connectivity index (χ2n) is 8.32. The lowest BCUT2D eigenvalue weighted by Crippen LogP contribution is -2.45. The van der Waals surface area contributed by atoms with Crippen molar-refractivity contribution in [3.05, 3.63) is 72.5 Å². The van der Waals surface area contributed by atoms with E-state index in [0.717, 1.165) is 12.7 Å². The SMILES string of the molecule is C=CCOc1c(I)cc(I)cc1/C=N/N[C@H](O)COc1ccc([C@H]2NC(=O)NC(C)=C2C(=O)OC)cc1OCC. The van der Waals surface area contributed by atoms with Gasteiger partial charge in [-0.15, -0.1) is 0 Å². The minimum Gasteiger partial charge on any atom is -0.490 e. The van der Waals surface area contributed by atoms with E-state index in [2.05, 4.69) is 72.9 Å². The van der Waals surface area contributed by atoms with E-state index < -0.39 is 24.3 Å². The van der Waals surface area contributed by atoms with Gasteiger partial charge in [0.1, 0.15) is 19.0 Å². The first kappa shape index (κ1) is 31.5. The first-order chi connectivity index (χ1) is 19.2. The third kappa shape index (κ3) is 8.23. The van der Waals surface area contributed by atoms with Crippen molar-refractivity contribution in [1.29, 1.82) is 0 Å². The molecular formula is C27H30I2N4O7. The average Bonchev–Trinajstić information content (AvgIpc) is 2.91. The molecule has 40 heavy (non-hydrogen) atoms. The Labute approximate surface area is 259 Å². The molecule has 0 unspecified atom stereocenters. The van der Waals surface area contributed by atoms with Gasteiger partial charge in [0.25, 0.3) is 0 Å². The summed E-state index contributed by atoms with van der Waals surface area (Å²) in [5.41, 5.74) is 4.65. The maximum Gasteiger partial charge on any atom is 0.337 e. The number of amides is 2. The molecule has 0 radical (unpaired) electrons. The zero-order valence-corrected chi connectivity index (χ0v) is 26.4. The number of urea groups is 1. The molecule has 1 heterocycles. The van der Waals surface area contributed by atoms with Crippen LogP contribution in [0.4, 0.5) is 4.79 Å². The number of hydrogen-bond donors (Lipinski definition) is 4. The maximum atomic E-state index is 12.4. The van der Waals surface area contributed by atoms with Gasteiger partial charge in [-0.2, -0.15) is 5.10 Å². The monoisotopic (exact) mass is 776 g/mol. The van der Waals surface area contributed by atoms with Crippen molar-refractivity contribution in [1.82, 2.24) is 16.1 Å². The van der Waals surface area contributed by atoms with Crippen molar-refractivity contribution >= 4 is 63.4 Å². The number of methoxy groups -OCH3 is 1. The van der Waals surface area contributed by atoms with Gasteiger partial charge in [-0.3, -0.25) is 5.43 Å². The van der Waals surface area contributed by atoms with Crippen LogP contribution in [-0.2, 0) is 9.53 Å². The van der Waals surface area contributed by atoms with Gasteiger partial charge >= 0.3 is 12.0 Å². The molecule has 0 fully saturated rings. The van der Waals surface area contributed by atoms with E-state index in [9.17, 15) is 14.7 Å². The van der Waals surface area contributed by atoms with E-state index in [1.165, 1.54) is 7.11 Å². The number of carbonyl (C=O) groups is 2. The molecule has 2 aromatic carbocycles. The molecule has 11 nitrogen and oxygen atoms in total. The molecule has 4 N–H and O–H groups in total. The number of nitrogens with one attached hydrogen (secondary N) is 3. The van der Waals surface area contributed by atoms with Crippen molar-refractivity contribution in [2.45, 2.75) is 26.1 Å². The summed E-state index contributed by atoms with van der Waals surface area (Å²) >= 11 is 4.41. The molecule has 2 aromatic rings. The largest absolute Gasteiger partial charge is 0.490 e. The number of aliphatic hydroxyl groups excluding tert-OH is 1. The number of hydrogen-bond acceptors (Lipinski definition) is 9. The lowest BCUT2D eigenvalue weighted by molar-refractivity contribution is -0.136. The smallest absolute Gasteiger partial charge is 0.337 e. The standard InChI is InChI=1S/C27H30I2N4O7/c1-5-9-39-25-17(10-18(28)12-19(25)29)13-30-33-22(34)14-40-20-8-7-16(11-21(20)38-6-2)24-23(26(35)37-4)15(3)31-27(36)32-24/h5,7-8,10-13,22,24,33-34H,1,6,9,14H2,2-4H3,(H2,31,32,36)/b30-13+/t22-,24-/m1/s1. The number of carbonyl (C=O) groups excluding carboxylic acids is 2. The summed E-state index contributed by atoms with van der Waals surface area (Å²) < 4.78 is 24.1. The summed E-state index contributed by atoms with van der Waals surface area (Å²) in [4.78, 5) is 24.5. The molecule has 3 rings (SSSR count). The second-order valence-corrected chi connectivity index (χ2v) is 10.7. The quantitative estimate of drug-likeness (QED) is 0.0599. The van der Waals surface area contributed by atoms with Crippen LogP contribution >= 0.6 is 45.2 Å². The number of rotatable bonds is 13. The third-order valence-corrected chi connectivity index (χ3v) is 6.91. The first-order valence-corrected chi connectivity index (χ1v) is 14.3. The number of ether oxygens (including phenoxy) is 4. The molecule has 1 aliphatic rings. The highest BCUT2D eigenvalue weighted by molar-refractivity contribution is 14.1. The molecule has 214 valence electrons. The number of halogens is 2. The van der Waals surface area contributed by atoms with Crippen LogP contribution in [0.5, 0.6) is 17.2 Å². The van der Waals surface area contributed by atoms with Gasteiger partial charge in [0.05, 0.1) is 35.1 Å². The number of allylic oxidation sites excluding steroid dienone is 1. The van der Waals surface area contributed by atoms with E-state index in [4.69, 9.17) is 18.9 Å². The van der Waals surface area contributed by atoms with Gasteiger partial charge in [-0.25, -0.2) is 9.59 Å². The highest BCUT2D eigenvalue weighted by atomic mass is 127. The van der Waals surface area contributed by atoms with E-state index in [1.807, 2.05) is 19.1 Å². The van der Waals surface area contributed by atoms with Crippen LogP contribution in [0.3, 0.4) is 0 Å². The van der Waals surface area contributed by atoms with Crippen molar-refractivity contribution in [2.75, 3.05) is 26.9 Å². The summed E-state index contributed by atoms with van der Waals surface area (Å²) in [6.07, 6.45) is 2.09. The maximum absolute atomic E-state index is 12.4. The summed E-state index contributed by atoms with van der Waals surface area (Å²) in [6.45, 7) is 7.68. The molecule has 0 spiro atoms. The zero-order valence-electron chi connectivity index (χ0n) is 22.1. The van der Waals surface area contributed by atoms with Crippen molar-refractivity contribution in [2.24, 2.45) is 5.10 Å². The highest BCUT2D eigenvalue weighted by Crippen LogP contribution is 2.35. The zero-order chi connectivity index (χ0) is 29.2. The van der Waals surface area contributed by atoms with Gasteiger partial charge in [-0.1, -0.05) is 18.7 Å². The predicted octanol–water partition coefficient (Wildman–Crippen LogP) is 3.98. The molecule has 2 amide bonds. The van der Waals surface area contributed by atoms with Gasteiger partial charge in [0.2, 0.25) is 0 Å². The van der Waals surface area contributed by atoms with E-state index >= 15 is 0 Å². The molecule has 0 bridgehead atoms. The molecule has 0 aromatic heterocycles. The third-order valence-electron chi connectivity index (χ3n) is 5.48. The Morgan fingerprint density at radius 3 is 2.70 bits per heavy atom. The summed E-state index contributed by atoms with van der Waals surface area (Å²) in [5.74, 6) is 0.845. The van der Waals surface area contributed by atoms with Crippen molar-refractivity contribution in [3.63, 3.8) is 0 Å². The fraction of sp³-hybridized carbons (Fsp3) is 0.296. The van der Waals surface area contributed by atoms with E-state index in [0.29, 0.717) is 41.7 Å². The topological polar surface area (TPSA) is 140 Å². The number of nitrogens with zero attached hydrogens (tertiary/aromatic N) is 1. The fourth-order valence-corrected chi connectivity index (χ4v) is 5.83. The van der Waals surface area contributed by atoms with Gasteiger partial charge in [-0.05, 0) is 88.9 Å². The molecule has 0 saturated carbocycles. The van der Waals surface area contributed by atoms with Gasteiger partial charge < -0.3 is 34.7 Å². The van der Waals surface area contributed by atoms with Crippen molar-refractivity contribution < 1.29 is 33.6 Å². The number of aliphatic hydroxyl groups is 1. The number of hydrazone groups is 1. The van der Waals surface area contributed by atoms with Crippen LogP contribution in [0.15, 0.2) is 59.4 Å². The van der Waals surface area contributed by atoms with Crippen LogP contribution in [-0.4, -0.2) is 56.5 Å². The lowest BCUT2D eigenvalue weighted by atomic mass is 9.95. The normalized spacial score (nSPS) is 15.7. The Morgan fingerprint density at radius 2 is 2.00 bits per heavy atom. The molecular weight excluding hydrogens is 746 g/mol. The van der Waals surface area contributed by atoms with Crippen LogP contribution in [0.2, 0.25) is 0 Å². The second kappa shape index (κ2) is 15.1. The van der Waals surface area contributed by atoms with E-state index in [-0.39, 0.29) is 12.2 Å². The first-order valence-electron chi connectivity index (χ1n) is 12.1. The molecule has 13 heteroatoms. The Kier molecular flexibility index (Phi) is 11.9. The molecule has 0 saturated heterocycles. The van der Waals surface area contributed by atoms with Crippen LogP contribution < -0.4 is 30.3 Å². The minimum atomic E-state index is -1.13. The summed E-state index contributed by atoms with van der Waals surface area (Å²) in [7, 11) is 1.28. The van der Waals surface area contributed by atoms with E-state index in [1.54, 1.807) is 37.4 Å². The Balaban J connectivity index is 1.72. The predicted molar refractivity (Wildman–Crippen MR) is 167 cm³/mol. The number of esters is 1. The molecule has 0 aliphatic carbocycles. The Bertz CT molecular complexity index is 1320. The number of benzene rings is 2. The summed E-state index contributed by atoms with van der Waals surface area (Å²) in [5, 5.41) is 19.9. The molecule has 1 aliphatic heterocycles. The fourth-order valence-electron chi connectivity index (χ4n) is 3.79. The van der Waals surface area contributed by atoms with Crippen LogP contribution in [0.1, 0.15) is 31.0 Å².